The lowest BCUT2D eigenvalue weighted by molar-refractivity contribution is 0.252. The van der Waals surface area contributed by atoms with Crippen LogP contribution in [-0.4, -0.2) is 40.3 Å². The summed E-state index contributed by atoms with van der Waals surface area (Å²) in [5, 5.41) is 8.79. The maximum absolute atomic E-state index is 12.0. The summed E-state index contributed by atoms with van der Waals surface area (Å²) in [4.78, 5) is 20.8. The lowest BCUT2D eigenvalue weighted by Crippen LogP contribution is -2.32. The summed E-state index contributed by atoms with van der Waals surface area (Å²) in [6.45, 7) is 5.38. The lowest BCUT2D eigenvalue weighted by atomic mass is 10.3. The van der Waals surface area contributed by atoms with Gasteiger partial charge in [0.05, 0.1) is 6.61 Å². The third kappa shape index (κ3) is 5.47. The number of aryl methyl sites for hydroxylation is 1. The van der Waals surface area contributed by atoms with E-state index in [0.717, 1.165) is 11.6 Å². The normalized spacial score (nSPS) is 10.4. The van der Waals surface area contributed by atoms with Crippen LogP contribution in [0, 0.1) is 6.92 Å². The Morgan fingerprint density at radius 1 is 1.11 bits per heavy atom. The van der Waals surface area contributed by atoms with Gasteiger partial charge in [-0.15, -0.1) is 0 Å². The van der Waals surface area contributed by atoms with Gasteiger partial charge in [0, 0.05) is 37.2 Å². The first-order chi connectivity index (χ1) is 13.6. The summed E-state index contributed by atoms with van der Waals surface area (Å²) in [5.74, 6) is 2.96. The van der Waals surface area contributed by atoms with Crippen molar-refractivity contribution in [2.75, 3.05) is 30.3 Å². The van der Waals surface area contributed by atoms with Gasteiger partial charge < -0.3 is 25.3 Å². The van der Waals surface area contributed by atoms with Crippen molar-refractivity contribution >= 4 is 17.5 Å². The smallest absolute Gasteiger partial charge is 0.319 e. The van der Waals surface area contributed by atoms with Crippen molar-refractivity contribution in [3.63, 3.8) is 0 Å². The first-order valence-corrected chi connectivity index (χ1v) is 9.14. The van der Waals surface area contributed by atoms with E-state index in [1.807, 2.05) is 61.1 Å². The van der Waals surface area contributed by atoms with Gasteiger partial charge in [0.2, 0.25) is 0 Å². The summed E-state index contributed by atoms with van der Waals surface area (Å²) in [6, 6.07) is 12.7. The molecule has 2 amide bonds. The van der Waals surface area contributed by atoms with Crippen molar-refractivity contribution in [3.8, 4) is 11.6 Å². The molecule has 3 N–H and O–H groups in total. The van der Waals surface area contributed by atoms with E-state index >= 15 is 0 Å². The van der Waals surface area contributed by atoms with Crippen LogP contribution in [0.4, 0.5) is 16.3 Å². The Bertz CT molecular complexity index is 894. The monoisotopic (exact) mass is 380 g/mol. The number of carbonyl (C=O) groups excluding carboxylic acids is 1. The van der Waals surface area contributed by atoms with Gasteiger partial charge in [0.1, 0.15) is 23.2 Å². The first kappa shape index (κ1) is 19.2. The van der Waals surface area contributed by atoms with E-state index in [9.17, 15) is 4.79 Å². The van der Waals surface area contributed by atoms with Crippen molar-refractivity contribution in [1.82, 2.24) is 19.9 Å². The SMILES string of the molecule is CCOc1ccc(NC(=O)NCCNc2cc(-n3cccc3)nc(C)n2)cc1. The maximum atomic E-state index is 12.0. The number of nitrogens with one attached hydrogen (secondary N) is 3. The largest absolute Gasteiger partial charge is 0.494 e. The molecular formula is C20H24N6O2. The van der Waals surface area contributed by atoms with Gasteiger partial charge in [-0.25, -0.2) is 14.8 Å². The minimum Gasteiger partial charge on any atom is -0.494 e. The molecule has 0 atom stereocenters. The molecule has 0 saturated heterocycles. The minimum absolute atomic E-state index is 0.266. The van der Waals surface area contributed by atoms with Gasteiger partial charge in [-0.05, 0) is 50.2 Å². The van der Waals surface area contributed by atoms with Crippen LogP contribution in [0.15, 0.2) is 54.9 Å². The molecule has 0 aliphatic carbocycles. The zero-order valence-corrected chi connectivity index (χ0v) is 16.0. The van der Waals surface area contributed by atoms with Gasteiger partial charge in [-0.1, -0.05) is 0 Å². The Morgan fingerprint density at radius 2 is 1.86 bits per heavy atom. The Kier molecular flexibility index (Phi) is 6.46. The Labute approximate surface area is 164 Å². The second kappa shape index (κ2) is 9.40. The molecule has 8 nitrogen and oxygen atoms in total. The predicted molar refractivity (Wildman–Crippen MR) is 109 cm³/mol. The molecule has 0 fully saturated rings. The molecule has 0 bridgehead atoms. The van der Waals surface area contributed by atoms with Crippen LogP contribution >= 0.6 is 0 Å². The van der Waals surface area contributed by atoms with Gasteiger partial charge in [-0.3, -0.25) is 0 Å². The summed E-state index contributed by atoms with van der Waals surface area (Å²) in [6.07, 6.45) is 3.86. The fourth-order valence-corrected chi connectivity index (χ4v) is 2.61. The number of urea groups is 1. The molecule has 0 aliphatic heterocycles. The van der Waals surface area contributed by atoms with Crippen LogP contribution in [-0.2, 0) is 0 Å². The summed E-state index contributed by atoms with van der Waals surface area (Å²) < 4.78 is 7.30. The number of hydrogen-bond acceptors (Lipinski definition) is 5. The van der Waals surface area contributed by atoms with Crippen molar-refractivity contribution < 1.29 is 9.53 Å². The number of ether oxygens (including phenoxy) is 1. The van der Waals surface area contributed by atoms with E-state index in [1.165, 1.54) is 0 Å². The topological polar surface area (TPSA) is 93.1 Å². The zero-order valence-electron chi connectivity index (χ0n) is 16.0. The van der Waals surface area contributed by atoms with Crippen molar-refractivity contribution in [2.24, 2.45) is 0 Å². The molecular weight excluding hydrogens is 356 g/mol. The van der Waals surface area contributed by atoms with Gasteiger partial charge in [0.25, 0.3) is 0 Å². The molecule has 8 heteroatoms. The number of rotatable bonds is 8. The fourth-order valence-electron chi connectivity index (χ4n) is 2.61. The second-order valence-corrected chi connectivity index (χ2v) is 6.01. The van der Waals surface area contributed by atoms with Crippen molar-refractivity contribution in [2.45, 2.75) is 13.8 Å². The van der Waals surface area contributed by atoms with E-state index in [4.69, 9.17) is 4.74 Å². The number of benzene rings is 1. The lowest BCUT2D eigenvalue weighted by Gasteiger charge is -2.11. The van der Waals surface area contributed by atoms with Crippen LogP contribution in [0.3, 0.4) is 0 Å². The van der Waals surface area contributed by atoms with Crippen LogP contribution < -0.4 is 20.7 Å². The summed E-state index contributed by atoms with van der Waals surface area (Å²) >= 11 is 0. The summed E-state index contributed by atoms with van der Waals surface area (Å²) in [7, 11) is 0. The number of carbonyl (C=O) groups is 1. The number of nitrogens with zero attached hydrogens (tertiary/aromatic N) is 3. The molecule has 2 heterocycles. The molecule has 28 heavy (non-hydrogen) atoms. The van der Waals surface area contributed by atoms with E-state index in [0.29, 0.717) is 37.0 Å². The molecule has 2 aromatic heterocycles. The number of amides is 2. The average Bonchev–Trinajstić information content (AvgIpc) is 3.22. The Hall–Kier alpha value is -3.55. The van der Waals surface area contributed by atoms with Gasteiger partial charge in [-0.2, -0.15) is 0 Å². The molecule has 1 aromatic carbocycles. The maximum Gasteiger partial charge on any atom is 0.319 e. The van der Waals surface area contributed by atoms with Crippen molar-refractivity contribution in [3.05, 3.63) is 60.7 Å². The van der Waals surface area contributed by atoms with Crippen LogP contribution in [0.1, 0.15) is 12.7 Å². The van der Waals surface area contributed by atoms with Gasteiger partial charge in [0.15, 0.2) is 0 Å². The zero-order chi connectivity index (χ0) is 19.8. The minimum atomic E-state index is -0.266. The molecule has 3 aromatic rings. The van der Waals surface area contributed by atoms with E-state index < -0.39 is 0 Å². The van der Waals surface area contributed by atoms with E-state index in [1.54, 1.807) is 12.1 Å². The Morgan fingerprint density at radius 3 is 2.57 bits per heavy atom. The van der Waals surface area contributed by atoms with E-state index in [-0.39, 0.29) is 6.03 Å². The predicted octanol–water partition coefficient (Wildman–Crippen LogP) is 3.21. The molecule has 146 valence electrons. The average molecular weight is 380 g/mol. The molecule has 3 rings (SSSR count). The quantitative estimate of drug-likeness (QED) is 0.522. The van der Waals surface area contributed by atoms with Gasteiger partial charge >= 0.3 is 6.03 Å². The summed E-state index contributed by atoms with van der Waals surface area (Å²) in [5.41, 5.74) is 0.705. The molecule has 0 unspecified atom stereocenters. The highest BCUT2D eigenvalue weighted by atomic mass is 16.5. The molecule has 0 spiro atoms. The molecule has 0 saturated carbocycles. The molecule has 0 aliphatic rings. The fraction of sp³-hybridized carbons (Fsp3) is 0.250. The second-order valence-electron chi connectivity index (χ2n) is 6.01. The van der Waals surface area contributed by atoms with Crippen LogP contribution in [0.25, 0.3) is 5.82 Å². The van der Waals surface area contributed by atoms with E-state index in [2.05, 4.69) is 25.9 Å². The van der Waals surface area contributed by atoms with Crippen LogP contribution in [0.2, 0.25) is 0 Å². The third-order valence-corrected chi connectivity index (χ3v) is 3.83. The molecule has 0 radical (unpaired) electrons. The Balaban J connectivity index is 1.44. The number of anilines is 2. The first-order valence-electron chi connectivity index (χ1n) is 9.14. The third-order valence-electron chi connectivity index (χ3n) is 3.83. The standard InChI is InChI=1S/C20H24N6O2/c1-3-28-17-8-6-16(7-9-17)25-20(27)22-11-10-21-18-14-19(24-15(2)23-18)26-12-4-5-13-26/h4-9,12-14H,3,10-11H2,1-2H3,(H,21,23,24)(H2,22,25,27). The number of hydrogen-bond donors (Lipinski definition) is 3. The van der Waals surface area contributed by atoms with Crippen LogP contribution in [0.5, 0.6) is 5.75 Å². The van der Waals surface area contributed by atoms with Crippen molar-refractivity contribution in [1.29, 1.82) is 0 Å². The highest BCUT2D eigenvalue weighted by Crippen LogP contribution is 2.15. The number of aromatic nitrogens is 3. The highest BCUT2D eigenvalue weighted by Gasteiger charge is 2.04. The highest BCUT2D eigenvalue weighted by molar-refractivity contribution is 5.89.